The molecule has 76 valence electrons. The summed E-state index contributed by atoms with van der Waals surface area (Å²) in [6.07, 6.45) is 4.51. The van der Waals surface area contributed by atoms with Crippen LogP contribution in [0, 0.1) is 4.84 Å². The van der Waals surface area contributed by atoms with Crippen molar-refractivity contribution in [3.05, 3.63) is 23.4 Å². The van der Waals surface area contributed by atoms with Gasteiger partial charge in [-0.1, -0.05) is 0 Å². The summed E-state index contributed by atoms with van der Waals surface area (Å²) in [6, 6.07) is 0. The van der Waals surface area contributed by atoms with Crippen LogP contribution >= 0.6 is 12.2 Å². The Morgan fingerprint density at radius 1 is 1.53 bits per heavy atom. The van der Waals surface area contributed by atoms with Crippen LogP contribution in [0.4, 0.5) is 0 Å². The monoisotopic (exact) mass is 222 g/mol. The minimum Gasteiger partial charge on any atom is -0.407 e. The zero-order chi connectivity index (χ0) is 10.8. The lowest BCUT2D eigenvalue weighted by atomic mass is 10.4. The molecule has 2 aromatic heterocycles. The summed E-state index contributed by atoms with van der Waals surface area (Å²) in [5, 5.41) is 3.87. The van der Waals surface area contributed by atoms with E-state index in [4.69, 9.17) is 16.6 Å². The maximum absolute atomic E-state index is 11.0. The second-order valence-corrected chi connectivity index (χ2v) is 3.04. The Morgan fingerprint density at radius 2 is 2.33 bits per heavy atom. The van der Waals surface area contributed by atoms with Gasteiger partial charge in [0.1, 0.15) is 5.69 Å². The van der Waals surface area contributed by atoms with Gasteiger partial charge in [-0.25, -0.2) is 4.98 Å². The van der Waals surface area contributed by atoms with E-state index in [9.17, 15) is 4.79 Å². The van der Waals surface area contributed by atoms with Crippen molar-refractivity contribution in [1.82, 2.24) is 19.7 Å². The summed E-state index contributed by atoms with van der Waals surface area (Å²) in [4.78, 5) is 18.9. The third-order valence-electron chi connectivity index (χ3n) is 1.63. The summed E-state index contributed by atoms with van der Waals surface area (Å²) >= 11 is 4.81. The van der Waals surface area contributed by atoms with E-state index >= 15 is 0 Å². The van der Waals surface area contributed by atoms with Crippen molar-refractivity contribution in [1.29, 1.82) is 0 Å². The summed E-state index contributed by atoms with van der Waals surface area (Å²) < 4.78 is 6.10. The van der Waals surface area contributed by atoms with Crippen molar-refractivity contribution in [2.75, 3.05) is 0 Å². The number of hydrogen-bond acceptors (Lipinski definition) is 6. The lowest BCUT2D eigenvalue weighted by molar-refractivity contribution is 0.0916. The molecule has 7 heteroatoms. The molecule has 2 rings (SSSR count). The minimum atomic E-state index is -0.307. The van der Waals surface area contributed by atoms with Gasteiger partial charge in [0.2, 0.25) is 5.91 Å². The first-order valence-electron chi connectivity index (χ1n) is 4.06. The highest BCUT2D eigenvalue weighted by atomic mass is 32.1. The van der Waals surface area contributed by atoms with Crippen molar-refractivity contribution in [3.8, 4) is 11.6 Å². The molecule has 2 aromatic rings. The van der Waals surface area contributed by atoms with Crippen molar-refractivity contribution in [3.63, 3.8) is 0 Å². The topological polar surface area (TPSA) is 73.8 Å². The van der Waals surface area contributed by atoms with E-state index in [-0.39, 0.29) is 16.6 Å². The Hall–Kier alpha value is -1.89. The van der Waals surface area contributed by atoms with Gasteiger partial charge in [0, 0.05) is 19.3 Å². The van der Waals surface area contributed by atoms with Crippen LogP contribution in [0.2, 0.25) is 0 Å². The maximum atomic E-state index is 11.0. The third kappa shape index (κ3) is 1.82. The Kier molecular flexibility index (Phi) is 2.38. The van der Waals surface area contributed by atoms with E-state index in [1.54, 1.807) is 0 Å². The normalized spacial score (nSPS) is 10.2. The maximum Gasteiger partial charge on any atom is 0.294 e. The molecule has 0 fully saturated rings. The van der Waals surface area contributed by atoms with Crippen LogP contribution in [-0.4, -0.2) is 25.7 Å². The van der Waals surface area contributed by atoms with Crippen LogP contribution in [0.25, 0.3) is 11.6 Å². The number of carbonyl (C=O) groups is 1. The highest BCUT2D eigenvalue weighted by molar-refractivity contribution is 7.71. The van der Waals surface area contributed by atoms with E-state index in [1.807, 2.05) is 0 Å². The molecule has 0 aliphatic heterocycles. The lowest BCUT2D eigenvalue weighted by Gasteiger charge is -1.89. The van der Waals surface area contributed by atoms with Gasteiger partial charge < -0.3 is 4.42 Å². The van der Waals surface area contributed by atoms with Crippen LogP contribution in [-0.2, 0) is 0 Å². The largest absolute Gasteiger partial charge is 0.407 e. The van der Waals surface area contributed by atoms with Gasteiger partial charge in [-0.15, -0.1) is 5.10 Å². The zero-order valence-electron chi connectivity index (χ0n) is 7.75. The Labute approximate surface area is 89.6 Å². The Balaban J connectivity index is 2.53. The Morgan fingerprint density at radius 3 is 2.87 bits per heavy atom. The molecule has 0 aliphatic carbocycles. The predicted octanol–water partition coefficient (Wildman–Crippen LogP) is 1.32. The number of aromatic nitrogens is 4. The first kappa shape index (κ1) is 9.66. The molecule has 0 amide bonds. The molecule has 0 N–H and O–H groups in total. The van der Waals surface area contributed by atoms with Crippen LogP contribution in [0.3, 0.4) is 0 Å². The van der Waals surface area contributed by atoms with Crippen molar-refractivity contribution < 1.29 is 9.21 Å². The molecule has 15 heavy (non-hydrogen) atoms. The fraction of sp³-hybridized carbons (Fsp3) is 0.125. The number of hydrogen-bond donors (Lipinski definition) is 0. The molecule has 0 aromatic carbocycles. The second-order valence-electron chi connectivity index (χ2n) is 2.69. The van der Waals surface area contributed by atoms with Crippen LogP contribution in [0.5, 0.6) is 0 Å². The van der Waals surface area contributed by atoms with E-state index in [2.05, 4.69) is 15.1 Å². The van der Waals surface area contributed by atoms with E-state index < -0.39 is 0 Å². The zero-order valence-corrected chi connectivity index (χ0v) is 8.56. The molecule has 0 aliphatic rings. The average Bonchev–Trinajstić information content (AvgIpc) is 2.62. The van der Waals surface area contributed by atoms with Crippen molar-refractivity contribution in [2.24, 2.45) is 0 Å². The SMILES string of the molecule is CC(=O)n1nc(-c2cnccn2)oc1=S. The number of rotatable bonds is 1. The predicted molar refractivity (Wildman–Crippen MR) is 52.7 cm³/mol. The summed E-state index contributed by atoms with van der Waals surface area (Å²) in [5.74, 6) is -0.123. The Bertz CT molecular complexity index is 545. The number of carbonyl (C=O) groups excluding carboxylic acids is 1. The second kappa shape index (κ2) is 3.70. The summed E-state index contributed by atoms with van der Waals surface area (Å²) in [6.45, 7) is 1.35. The van der Waals surface area contributed by atoms with Crippen molar-refractivity contribution in [2.45, 2.75) is 6.92 Å². The standard InChI is InChI=1S/C8H6N4O2S/c1-5(13)12-8(15)14-7(11-12)6-4-9-2-3-10-6/h2-4H,1H3. The molecule has 0 spiro atoms. The smallest absolute Gasteiger partial charge is 0.294 e. The van der Waals surface area contributed by atoms with Gasteiger partial charge in [-0.05, 0) is 12.2 Å². The van der Waals surface area contributed by atoms with Gasteiger partial charge in [0.05, 0.1) is 6.20 Å². The van der Waals surface area contributed by atoms with Crippen LogP contribution in [0.15, 0.2) is 23.0 Å². The fourth-order valence-corrected chi connectivity index (χ4v) is 1.24. The molecular formula is C8H6N4O2S. The molecule has 0 saturated heterocycles. The first-order valence-corrected chi connectivity index (χ1v) is 4.47. The quantitative estimate of drug-likeness (QED) is 0.677. The highest BCUT2D eigenvalue weighted by Crippen LogP contribution is 2.12. The first-order chi connectivity index (χ1) is 7.18. The van der Waals surface area contributed by atoms with Gasteiger partial charge in [0.15, 0.2) is 0 Å². The van der Waals surface area contributed by atoms with Gasteiger partial charge in [-0.2, -0.15) is 4.68 Å². The highest BCUT2D eigenvalue weighted by Gasteiger charge is 2.11. The molecule has 0 unspecified atom stereocenters. The fourth-order valence-electron chi connectivity index (χ4n) is 0.990. The van der Waals surface area contributed by atoms with Gasteiger partial charge in [0.25, 0.3) is 10.7 Å². The third-order valence-corrected chi connectivity index (χ3v) is 1.88. The average molecular weight is 222 g/mol. The lowest BCUT2D eigenvalue weighted by Crippen LogP contribution is -2.07. The molecule has 0 saturated carbocycles. The van der Waals surface area contributed by atoms with Crippen LogP contribution < -0.4 is 0 Å². The molecular weight excluding hydrogens is 216 g/mol. The molecule has 2 heterocycles. The molecule has 6 nitrogen and oxygen atoms in total. The minimum absolute atomic E-state index is 0.00292. The van der Waals surface area contributed by atoms with Crippen LogP contribution in [0.1, 0.15) is 11.7 Å². The van der Waals surface area contributed by atoms with E-state index in [0.29, 0.717) is 5.69 Å². The molecule has 0 bridgehead atoms. The van der Waals surface area contributed by atoms with Crippen molar-refractivity contribution >= 4 is 18.1 Å². The summed E-state index contributed by atoms with van der Waals surface area (Å²) in [7, 11) is 0. The number of nitrogens with zero attached hydrogens (tertiary/aromatic N) is 4. The molecule has 0 radical (unpaired) electrons. The van der Waals surface area contributed by atoms with Gasteiger partial charge in [-0.3, -0.25) is 9.78 Å². The molecule has 0 atom stereocenters. The van der Waals surface area contributed by atoms with E-state index in [0.717, 1.165) is 4.68 Å². The van der Waals surface area contributed by atoms with E-state index in [1.165, 1.54) is 25.5 Å². The summed E-state index contributed by atoms with van der Waals surface area (Å²) in [5.41, 5.74) is 0.434. The van der Waals surface area contributed by atoms with Gasteiger partial charge >= 0.3 is 0 Å².